The monoisotopic (exact) mass is 270 g/mol. The van der Waals surface area contributed by atoms with E-state index in [1.165, 1.54) is 26.4 Å². The molecule has 0 aliphatic heterocycles. The van der Waals surface area contributed by atoms with Crippen molar-refractivity contribution in [2.24, 2.45) is 0 Å². The smallest absolute Gasteiger partial charge is 0.160 e. The molecular weight excluding hydrogens is 248 g/mol. The summed E-state index contributed by atoms with van der Waals surface area (Å²) in [4.78, 5) is 0. The maximum Gasteiger partial charge on any atom is 0.160 e. The summed E-state index contributed by atoms with van der Waals surface area (Å²) in [6, 6.07) is 5.27. The van der Waals surface area contributed by atoms with Crippen LogP contribution in [0.1, 0.15) is 31.7 Å². The zero-order chi connectivity index (χ0) is 13.8. The van der Waals surface area contributed by atoms with Crippen LogP contribution in [-0.4, -0.2) is 18.1 Å². The van der Waals surface area contributed by atoms with Gasteiger partial charge in [0.25, 0.3) is 0 Å². The average molecular weight is 271 g/mol. The van der Waals surface area contributed by atoms with Crippen molar-refractivity contribution in [3.63, 3.8) is 0 Å². The molecular formula is C15H23ClO2. The number of ether oxygens (including phenoxy) is 1. The number of halogens is 1. The molecule has 0 unspecified atom stereocenters. The molecule has 3 heteroatoms. The van der Waals surface area contributed by atoms with Gasteiger partial charge in [-0.15, -0.1) is 18.2 Å². The Labute approximate surface area is 115 Å². The first-order chi connectivity index (χ1) is 8.69. The summed E-state index contributed by atoms with van der Waals surface area (Å²) < 4.78 is 4.95. The Bertz CT molecular complexity index is 333. The Morgan fingerprint density at radius 2 is 2.11 bits per heavy atom. The fourth-order valence-corrected chi connectivity index (χ4v) is 1.55. The molecule has 2 nitrogen and oxygen atoms in total. The van der Waals surface area contributed by atoms with Gasteiger partial charge in [-0.2, -0.15) is 0 Å². The maximum absolute atomic E-state index is 9.25. The molecule has 18 heavy (non-hydrogen) atoms. The third-order valence-corrected chi connectivity index (χ3v) is 2.63. The molecule has 0 radical (unpaired) electrons. The van der Waals surface area contributed by atoms with E-state index < -0.39 is 0 Å². The van der Waals surface area contributed by atoms with Crippen molar-refractivity contribution in [2.45, 2.75) is 32.6 Å². The molecule has 0 aromatic heterocycles. The normalized spacial score (nSPS) is 9.28. The molecule has 0 aliphatic carbocycles. The summed E-state index contributed by atoms with van der Waals surface area (Å²) in [6.45, 7) is 5.80. The zero-order valence-corrected chi connectivity index (χ0v) is 12.0. The standard InChI is InChI=1S/C10H12O2.C5H11Cl/c1-3-4-8-5-6-9(11)10(7-8)12-2;1-2-3-4-5-6/h3,5-7,11H,1,4H2,2H3;2-5H2,1H3. The highest BCUT2D eigenvalue weighted by molar-refractivity contribution is 6.17. The first-order valence-corrected chi connectivity index (χ1v) is 6.75. The molecule has 0 spiro atoms. The highest BCUT2D eigenvalue weighted by Crippen LogP contribution is 2.26. The van der Waals surface area contributed by atoms with E-state index in [0.717, 1.165) is 17.9 Å². The van der Waals surface area contributed by atoms with E-state index in [9.17, 15) is 5.11 Å². The molecule has 0 fully saturated rings. The van der Waals surface area contributed by atoms with E-state index in [2.05, 4.69) is 13.5 Å². The van der Waals surface area contributed by atoms with Gasteiger partial charge in [-0.3, -0.25) is 0 Å². The van der Waals surface area contributed by atoms with Crippen LogP contribution in [0.15, 0.2) is 30.9 Å². The number of allylic oxidation sites excluding steroid dienone is 1. The summed E-state index contributed by atoms with van der Waals surface area (Å²) in [5.74, 6) is 1.51. The van der Waals surface area contributed by atoms with Crippen LogP contribution in [0.25, 0.3) is 0 Å². The van der Waals surface area contributed by atoms with Gasteiger partial charge in [0.1, 0.15) is 0 Å². The minimum absolute atomic E-state index is 0.172. The quantitative estimate of drug-likeness (QED) is 0.467. The van der Waals surface area contributed by atoms with Crippen LogP contribution in [0.3, 0.4) is 0 Å². The van der Waals surface area contributed by atoms with Gasteiger partial charge in [0.05, 0.1) is 7.11 Å². The minimum Gasteiger partial charge on any atom is -0.504 e. The summed E-state index contributed by atoms with van der Waals surface area (Å²) in [5.41, 5.74) is 1.08. The molecule has 0 amide bonds. The Kier molecular flexibility index (Phi) is 10.3. The molecule has 0 heterocycles. The number of benzene rings is 1. The molecule has 0 atom stereocenters. The molecule has 0 saturated heterocycles. The number of methoxy groups -OCH3 is 1. The second kappa shape index (κ2) is 11.0. The first kappa shape index (κ1) is 16.9. The minimum atomic E-state index is 0.172. The summed E-state index contributed by atoms with van der Waals surface area (Å²) >= 11 is 5.38. The van der Waals surface area contributed by atoms with Crippen LogP contribution in [0.5, 0.6) is 11.5 Å². The van der Waals surface area contributed by atoms with Gasteiger partial charge in [0.2, 0.25) is 0 Å². The first-order valence-electron chi connectivity index (χ1n) is 6.22. The second-order valence-corrected chi connectivity index (χ2v) is 4.27. The lowest BCUT2D eigenvalue weighted by molar-refractivity contribution is 0.373. The van der Waals surface area contributed by atoms with Crippen molar-refractivity contribution in [3.8, 4) is 11.5 Å². The predicted octanol–water partition coefficient (Wildman–Crippen LogP) is 4.54. The Morgan fingerprint density at radius 3 is 2.56 bits per heavy atom. The molecule has 1 rings (SSSR count). The van der Waals surface area contributed by atoms with E-state index in [4.69, 9.17) is 16.3 Å². The SMILES string of the molecule is C=CCc1ccc(O)c(OC)c1.CCCCCCl. The van der Waals surface area contributed by atoms with E-state index in [-0.39, 0.29) is 5.75 Å². The number of hydrogen-bond donors (Lipinski definition) is 1. The van der Waals surface area contributed by atoms with Crippen LogP contribution < -0.4 is 4.74 Å². The third kappa shape index (κ3) is 7.23. The maximum atomic E-state index is 9.25. The van der Waals surface area contributed by atoms with Gasteiger partial charge in [-0.1, -0.05) is 31.9 Å². The molecule has 1 aromatic carbocycles. The van der Waals surface area contributed by atoms with Gasteiger partial charge in [-0.05, 0) is 30.5 Å². The lowest BCUT2D eigenvalue weighted by Gasteiger charge is -2.04. The Morgan fingerprint density at radius 1 is 1.39 bits per heavy atom. The highest BCUT2D eigenvalue weighted by Gasteiger charge is 2.00. The topological polar surface area (TPSA) is 29.5 Å². The van der Waals surface area contributed by atoms with E-state index >= 15 is 0 Å². The Balaban J connectivity index is 0.000000411. The van der Waals surface area contributed by atoms with Crippen LogP contribution in [0.4, 0.5) is 0 Å². The van der Waals surface area contributed by atoms with Crippen molar-refractivity contribution >= 4 is 11.6 Å². The summed E-state index contributed by atoms with van der Waals surface area (Å²) in [7, 11) is 1.53. The van der Waals surface area contributed by atoms with E-state index in [0.29, 0.717) is 5.75 Å². The fraction of sp³-hybridized carbons (Fsp3) is 0.467. The van der Waals surface area contributed by atoms with Crippen molar-refractivity contribution in [3.05, 3.63) is 36.4 Å². The van der Waals surface area contributed by atoms with Gasteiger partial charge in [-0.25, -0.2) is 0 Å². The van der Waals surface area contributed by atoms with Gasteiger partial charge >= 0.3 is 0 Å². The van der Waals surface area contributed by atoms with Crippen LogP contribution >= 0.6 is 11.6 Å². The summed E-state index contributed by atoms with van der Waals surface area (Å²) in [6.07, 6.45) is 6.33. The van der Waals surface area contributed by atoms with Crippen molar-refractivity contribution < 1.29 is 9.84 Å². The predicted molar refractivity (Wildman–Crippen MR) is 78.8 cm³/mol. The Hall–Kier alpha value is -1.15. The van der Waals surface area contributed by atoms with Crippen LogP contribution in [0, 0.1) is 0 Å². The average Bonchev–Trinajstić information content (AvgIpc) is 2.39. The lowest BCUT2D eigenvalue weighted by atomic mass is 10.1. The number of unbranched alkanes of at least 4 members (excludes halogenated alkanes) is 2. The summed E-state index contributed by atoms with van der Waals surface area (Å²) in [5, 5.41) is 9.25. The number of phenolic OH excluding ortho intramolecular Hbond substituents is 1. The highest BCUT2D eigenvalue weighted by atomic mass is 35.5. The molecule has 102 valence electrons. The van der Waals surface area contributed by atoms with Crippen molar-refractivity contribution in [1.82, 2.24) is 0 Å². The number of hydrogen-bond acceptors (Lipinski definition) is 2. The van der Waals surface area contributed by atoms with Crippen LogP contribution in [0.2, 0.25) is 0 Å². The third-order valence-electron chi connectivity index (χ3n) is 2.36. The van der Waals surface area contributed by atoms with Gasteiger partial charge in [0, 0.05) is 5.88 Å². The molecule has 0 saturated carbocycles. The van der Waals surface area contributed by atoms with E-state index in [1.807, 2.05) is 12.1 Å². The number of alkyl halides is 1. The largest absolute Gasteiger partial charge is 0.504 e. The molecule has 0 aliphatic rings. The van der Waals surface area contributed by atoms with Crippen molar-refractivity contribution in [1.29, 1.82) is 0 Å². The number of rotatable bonds is 6. The molecule has 1 N–H and O–H groups in total. The molecule has 0 bridgehead atoms. The number of phenols is 1. The van der Waals surface area contributed by atoms with E-state index in [1.54, 1.807) is 12.1 Å². The fourth-order valence-electron chi connectivity index (χ4n) is 1.36. The van der Waals surface area contributed by atoms with Crippen molar-refractivity contribution in [2.75, 3.05) is 13.0 Å². The van der Waals surface area contributed by atoms with Crippen LogP contribution in [-0.2, 0) is 6.42 Å². The zero-order valence-electron chi connectivity index (χ0n) is 11.3. The second-order valence-electron chi connectivity index (χ2n) is 3.90. The van der Waals surface area contributed by atoms with Gasteiger partial charge in [0.15, 0.2) is 11.5 Å². The van der Waals surface area contributed by atoms with Gasteiger partial charge < -0.3 is 9.84 Å². The molecule has 1 aromatic rings. The lowest BCUT2D eigenvalue weighted by Crippen LogP contribution is -1.86. The number of aromatic hydroxyl groups is 1.